The number of benzene rings is 3. The summed E-state index contributed by atoms with van der Waals surface area (Å²) >= 11 is 0. The number of carbonyl (C=O) groups excluding carboxylic acids is 2. The number of rotatable bonds is 10. The van der Waals surface area contributed by atoms with Gasteiger partial charge in [-0.2, -0.15) is 0 Å². The van der Waals surface area contributed by atoms with Crippen LogP contribution in [-0.2, 0) is 29.0 Å². The van der Waals surface area contributed by atoms with Crippen molar-refractivity contribution in [1.29, 1.82) is 0 Å². The van der Waals surface area contributed by atoms with Gasteiger partial charge in [0.25, 0.3) is 0 Å². The molecule has 1 unspecified atom stereocenters. The standard InChI is InChI=1S/C33H38N2O4/c36-32(19-17-26-16-18-30-31(23-26)39-21-20-38-30)35(24-27-12-6-2-7-13-27)29(22-25-10-4-1-5-11-25)33(37)34-28-14-8-3-9-15-28/h1-2,4-7,10-13,16,18,23,28-29H,3,8-9,14-15,17,19-22,24H2,(H,34,37). The zero-order valence-electron chi connectivity index (χ0n) is 22.5. The van der Waals surface area contributed by atoms with E-state index in [-0.39, 0.29) is 17.9 Å². The first-order valence-electron chi connectivity index (χ1n) is 14.2. The number of amides is 2. The highest BCUT2D eigenvalue weighted by molar-refractivity contribution is 5.88. The molecule has 39 heavy (non-hydrogen) atoms. The van der Waals surface area contributed by atoms with E-state index < -0.39 is 6.04 Å². The number of aryl methyl sites for hydroxylation is 1. The van der Waals surface area contributed by atoms with Crippen molar-refractivity contribution in [1.82, 2.24) is 10.2 Å². The normalized spacial score (nSPS) is 15.8. The molecule has 0 aromatic heterocycles. The SMILES string of the molecule is O=C(NC1CCCCC1)C(Cc1ccccc1)N(Cc1ccccc1)C(=O)CCc1ccc2c(c1)OCCO2. The maximum atomic E-state index is 13.9. The molecule has 3 aromatic carbocycles. The predicted octanol–water partition coefficient (Wildman–Crippen LogP) is 5.48. The fourth-order valence-corrected chi connectivity index (χ4v) is 5.52. The van der Waals surface area contributed by atoms with Crippen LogP contribution in [0.25, 0.3) is 0 Å². The summed E-state index contributed by atoms with van der Waals surface area (Å²) in [4.78, 5) is 29.6. The van der Waals surface area contributed by atoms with E-state index in [1.165, 1.54) is 6.42 Å². The van der Waals surface area contributed by atoms with Gasteiger partial charge >= 0.3 is 0 Å². The molecule has 1 saturated carbocycles. The predicted molar refractivity (Wildman–Crippen MR) is 152 cm³/mol. The van der Waals surface area contributed by atoms with Gasteiger partial charge in [0.15, 0.2) is 11.5 Å². The zero-order chi connectivity index (χ0) is 26.9. The molecule has 0 saturated heterocycles. The number of carbonyl (C=O) groups is 2. The van der Waals surface area contributed by atoms with Crippen LogP contribution >= 0.6 is 0 Å². The topological polar surface area (TPSA) is 67.9 Å². The smallest absolute Gasteiger partial charge is 0.243 e. The highest BCUT2D eigenvalue weighted by Crippen LogP contribution is 2.31. The van der Waals surface area contributed by atoms with E-state index in [1.54, 1.807) is 4.90 Å². The van der Waals surface area contributed by atoms with Gasteiger partial charge < -0.3 is 19.7 Å². The summed E-state index contributed by atoms with van der Waals surface area (Å²) < 4.78 is 11.4. The quantitative estimate of drug-likeness (QED) is 0.380. The van der Waals surface area contributed by atoms with Crippen molar-refractivity contribution in [3.05, 3.63) is 95.6 Å². The Balaban J connectivity index is 1.38. The maximum Gasteiger partial charge on any atom is 0.243 e. The van der Waals surface area contributed by atoms with Crippen molar-refractivity contribution in [3.8, 4) is 11.5 Å². The fourth-order valence-electron chi connectivity index (χ4n) is 5.52. The van der Waals surface area contributed by atoms with Crippen LogP contribution in [-0.4, -0.2) is 42.0 Å². The average Bonchev–Trinajstić information content (AvgIpc) is 2.99. The Hall–Kier alpha value is -3.80. The largest absolute Gasteiger partial charge is 0.486 e. The Morgan fingerprint density at radius 3 is 2.18 bits per heavy atom. The lowest BCUT2D eigenvalue weighted by atomic mass is 9.94. The van der Waals surface area contributed by atoms with Crippen LogP contribution in [0.2, 0.25) is 0 Å². The third-order valence-electron chi connectivity index (χ3n) is 7.65. The van der Waals surface area contributed by atoms with Crippen molar-refractivity contribution < 1.29 is 19.1 Å². The van der Waals surface area contributed by atoms with E-state index in [4.69, 9.17) is 9.47 Å². The van der Waals surface area contributed by atoms with Gasteiger partial charge in [0, 0.05) is 25.4 Å². The third-order valence-corrected chi connectivity index (χ3v) is 7.65. The highest BCUT2D eigenvalue weighted by Gasteiger charge is 2.31. The summed E-state index contributed by atoms with van der Waals surface area (Å²) in [6, 6.07) is 25.4. The minimum absolute atomic E-state index is 0.0338. The van der Waals surface area contributed by atoms with E-state index in [1.807, 2.05) is 78.9 Å². The molecule has 0 bridgehead atoms. The minimum atomic E-state index is -0.595. The summed E-state index contributed by atoms with van der Waals surface area (Å²) in [5.41, 5.74) is 3.06. The third kappa shape index (κ3) is 7.41. The lowest BCUT2D eigenvalue weighted by Crippen LogP contribution is -2.52. The maximum absolute atomic E-state index is 13.9. The van der Waals surface area contributed by atoms with Crippen LogP contribution < -0.4 is 14.8 Å². The number of nitrogens with one attached hydrogen (secondary N) is 1. The molecule has 0 radical (unpaired) electrons. The van der Waals surface area contributed by atoms with Crippen LogP contribution in [0.3, 0.4) is 0 Å². The van der Waals surface area contributed by atoms with Crippen molar-refractivity contribution in [3.63, 3.8) is 0 Å². The van der Waals surface area contributed by atoms with Gasteiger partial charge in [0.05, 0.1) is 0 Å². The molecule has 1 atom stereocenters. The van der Waals surface area contributed by atoms with Crippen LogP contribution in [0, 0.1) is 0 Å². The van der Waals surface area contributed by atoms with Gasteiger partial charge in [0.2, 0.25) is 11.8 Å². The Labute approximate surface area is 231 Å². The average molecular weight is 527 g/mol. The Bertz CT molecular complexity index is 1220. The van der Waals surface area contributed by atoms with Crippen LogP contribution in [0.1, 0.15) is 55.2 Å². The summed E-state index contributed by atoms with van der Waals surface area (Å²) in [5.74, 6) is 1.37. The van der Waals surface area contributed by atoms with Crippen molar-refractivity contribution in [2.45, 2.75) is 70.0 Å². The molecule has 1 heterocycles. The molecule has 2 amide bonds. The van der Waals surface area contributed by atoms with Crippen LogP contribution in [0.15, 0.2) is 78.9 Å². The zero-order valence-corrected chi connectivity index (χ0v) is 22.5. The molecule has 6 nitrogen and oxygen atoms in total. The van der Waals surface area contributed by atoms with Gasteiger partial charge in [-0.1, -0.05) is 86.0 Å². The van der Waals surface area contributed by atoms with E-state index in [9.17, 15) is 9.59 Å². The minimum Gasteiger partial charge on any atom is -0.486 e. The number of hydrogen-bond donors (Lipinski definition) is 1. The lowest BCUT2D eigenvalue weighted by Gasteiger charge is -2.33. The van der Waals surface area contributed by atoms with E-state index >= 15 is 0 Å². The van der Waals surface area contributed by atoms with Gasteiger partial charge in [-0.3, -0.25) is 9.59 Å². The van der Waals surface area contributed by atoms with Gasteiger partial charge in [0.1, 0.15) is 19.3 Å². The molecular weight excluding hydrogens is 488 g/mol. The first-order chi connectivity index (χ1) is 19.2. The van der Waals surface area contributed by atoms with Gasteiger partial charge in [-0.25, -0.2) is 0 Å². The molecule has 6 heteroatoms. The molecule has 1 fully saturated rings. The number of hydrogen-bond acceptors (Lipinski definition) is 4. The molecular formula is C33H38N2O4. The molecule has 1 aliphatic carbocycles. The molecule has 2 aliphatic rings. The lowest BCUT2D eigenvalue weighted by molar-refractivity contribution is -0.141. The summed E-state index contributed by atoms with van der Waals surface area (Å²) in [6.07, 6.45) is 6.83. The van der Waals surface area contributed by atoms with Gasteiger partial charge in [-0.05, 0) is 48.1 Å². The second-order valence-corrected chi connectivity index (χ2v) is 10.5. The summed E-state index contributed by atoms with van der Waals surface area (Å²) in [5, 5.41) is 3.31. The van der Waals surface area contributed by atoms with Gasteiger partial charge in [-0.15, -0.1) is 0 Å². The molecule has 1 aliphatic heterocycles. The summed E-state index contributed by atoms with van der Waals surface area (Å²) in [6.45, 7) is 1.46. The Morgan fingerprint density at radius 2 is 1.46 bits per heavy atom. The van der Waals surface area contributed by atoms with Crippen molar-refractivity contribution >= 4 is 11.8 Å². The first kappa shape index (κ1) is 26.8. The molecule has 5 rings (SSSR count). The molecule has 1 N–H and O–H groups in total. The fraction of sp³-hybridized carbons (Fsp3) is 0.394. The van der Waals surface area contributed by atoms with Crippen LogP contribution in [0.5, 0.6) is 11.5 Å². The number of nitrogens with zero attached hydrogens (tertiary/aromatic N) is 1. The summed E-state index contributed by atoms with van der Waals surface area (Å²) in [7, 11) is 0. The number of ether oxygens (including phenoxy) is 2. The first-order valence-corrected chi connectivity index (χ1v) is 14.2. The van der Waals surface area contributed by atoms with E-state index in [0.29, 0.717) is 39.0 Å². The van der Waals surface area contributed by atoms with Crippen molar-refractivity contribution in [2.75, 3.05) is 13.2 Å². The Morgan fingerprint density at radius 1 is 0.795 bits per heavy atom. The second kappa shape index (κ2) is 13.3. The number of fused-ring (bicyclic) bond motifs is 1. The molecule has 3 aromatic rings. The van der Waals surface area contributed by atoms with Crippen molar-refractivity contribution in [2.24, 2.45) is 0 Å². The van der Waals surface area contributed by atoms with E-state index in [2.05, 4.69) is 5.32 Å². The van der Waals surface area contributed by atoms with Crippen LogP contribution in [0.4, 0.5) is 0 Å². The second-order valence-electron chi connectivity index (χ2n) is 10.5. The monoisotopic (exact) mass is 526 g/mol. The molecule has 0 spiro atoms. The highest BCUT2D eigenvalue weighted by atomic mass is 16.6. The Kier molecular flexibility index (Phi) is 9.15. The molecule has 204 valence electrons. The van der Waals surface area contributed by atoms with E-state index in [0.717, 1.165) is 53.9 Å².